The minimum absolute atomic E-state index is 0.0439. The van der Waals surface area contributed by atoms with Gasteiger partial charge in [0.05, 0.1) is 7.11 Å². The molecule has 0 radical (unpaired) electrons. The fourth-order valence-electron chi connectivity index (χ4n) is 2.62. The smallest absolute Gasteiger partial charge is 0.317 e. The molecule has 0 unspecified atom stereocenters. The van der Waals surface area contributed by atoms with E-state index in [0.717, 1.165) is 24.2 Å². The molecule has 2 rings (SSSR count). The van der Waals surface area contributed by atoms with Gasteiger partial charge < -0.3 is 15.0 Å². The van der Waals surface area contributed by atoms with Crippen LogP contribution in [-0.4, -0.2) is 38.2 Å². The van der Waals surface area contributed by atoms with E-state index >= 15 is 0 Å². The van der Waals surface area contributed by atoms with E-state index in [0.29, 0.717) is 13.1 Å². The number of hydrogen-bond acceptors (Lipinski definition) is 2. The van der Waals surface area contributed by atoms with Crippen LogP contribution in [0.3, 0.4) is 0 Å². The lowest BCUT2D eigenvalue weighted by Crippen LogP contribution is -2.39. The highest BCUT2D eigenvalue weighted by atomic mass is 16.5. The molecule has 0 heterocycles. The zero-order valence-corrected chi connectivity index (χ0v) is 14.7. The van der Waals surface area contributed by atoms with Crippen LogP contribution in [0.15, 0.2) is 48.5 Å². The van der Waals surface area contributed by atoms with Crippen molar-refractivity contribution >= 4 is 6.03 Å². The van der Waals surface area contributed by atoms with E-state index in [4.69, 9.17) is 4.74 Å². The number of nitrogens with zero attached hydrogens (tertiary/aromatic N) is 1. The minimum atomic E-state index is -0.0439. The molecule has 0 fully saturated rings. The lowest BCUT2D eigenvalue weighted by molar-refractivity contribution is 0.209. The summed E-state index contributed by atoms with van der Waals surface area (Å²) in [6.07, 6.45) is 1.61. The Morgan fingerprint density at radius 3 is 2.67 bits per heavy atom. The highest BCUT2D eigenvalue weighted by Crippen LogP contribution is 2.17. The van der Waals surface area contributed by atoms with Crippen LogP contribution in [0, 0.1) is 6.92 Å². The van der Waals surface area contributed by atoms with E-state index in [1.165, 1.54) is 11.1 Å². The summed E-state index contributed by atoms with van der Waals surface area (Å²) in [6.45, 7) is 3.37. The van der Waals surface area contributed by atoms with Gasteiger partial charge in [-0.2, -0.15) is 0 Å². The molecular formula is C20H26N2O2. The standard InChI is InChI=1S/C20H26N2O2/c1-16-7-6-8-17(15-16)11-13-21-20(23)22(2)14-12-18-9-4-5-10-19(18)24-3/h4-10,15H,11-14H2,1-3H3,(H,21,23). The molecule has 2 aromatic rings. The van der Waals surface area contributed by atoms with E-state index in [1.807, 2.05) is 37.4 Å². The van der Waals surface area contributed by atoms with E-state index in [2.05, 4.69) is 30.4 Å². The summed E-state index contributed by atoms with van der Waals surface area (Å²) < 4.78 is 5.34. The fourth-order valence-corrected chi connectivity index (χ4v) is 2.62. The maximum absolute atomic E-state index is 12.2. The summed E-state index contributed by atoms with van der Waals surface area (Å²) in [6, 6.07) is 16.2. The van der Waals surface area contributed by atoms with Gasteiger partial charge in [0.2, 0.25) is 0 Å². The van der Waals surface area contributed by atoms with E-state index in [9.17, 15) is 4.79 Å². The van der Waals surface area contributed by atoms with Crippen LogP contribution in [0.5, 0.6) is 5.75 Å². The lowest BCUT2D eigenvalue weighted by atomic mass is 10.1. The van der Waals surface area contributed by atoms with Crippen LogP contribution >= 0.6 is 0 Å². The number of urea groups is 1. The van der Waals surface area contributed by atoms with Gasteiger partial charge in [0.25, 0.3) is 0 Å². The van der Waals surface area contributed by atoms with Crippen molar-refractivity contribution < 1.29 is 9.53 Å². The number of ether oxygens (including phenoxy) is 1. The average molecular weight is 326 g/mol. The normalized spacial score (nSPS) is 10.3. The van der Waals surface area contributed by atoms with Gasteiger partial charge in [0.1, 0.15) is 5.75 Å². The molecule has 4 nitrogen and oxygen atoms in total. The molecule has 2 aromatic carbocycles. The van der Waals surface area contributed by atoms with E-state index < -0.39 is 0 Å². The average Bonchev–Trinajstić information content (AvgIpc) is 2.59. The van der Waals surface area contributed by atoms with Gasteiger partial charge >= 0.3 is 6.03 Å². The molecule has 0 spiro atoms. The first-order valence-corrected chi connectivity index (χ1v) is 8.26. The topological polar surface area (TPSA) is 41.6 Å². The Morgan fingerprint density at radius 2 is 1.92 bits per heavy atom. The van der Waals surface area contributed by atoms with Crippen LogP contribution < -0.4 is 10.1 Å². The van der Waals surface area contributed by atoms with Crippen LogP contribution in [0.1, 0.15) is 16.7 Å². The van der Waals surface area contributed by atoms with Gasteiger partial charge in [-0.1, -0.05) is 48.0 Å². The summed E-state index contributed by atoms with van der Waals surface area (Å²) in [4.78, 5) is 13.9. The zero-order valence-electron chi connectivity index (χ0n) is 14.7. The third-order valence-corrected chi connectivity index (χ3v) is 4.03. The number of carbonyl (C=O) groups is 1. The first kappa shape index (κ1) is 17.9. The first-order chi connectivity index (χ1) is 11.6. The Bertz CT molecular complexity index is 670. The van der Waals surface area contributed by atoms with Crippen molar-refractivity contribution in [2.45, 2.75) is 19.8 Å². The van der Waals surface area contributed by atoms with Crippen molar-refractivity contribution in [3.63, 3.8) is 0 Å². The van der Waals surface area contributed by atoms with Gasteiger partial charge in [-0.3, -0.25) is 0 Å². The molecule has 0 aliphatic carbocycles. The summed E-state index contributed by atoms with van der Waals surface area (Å²) in [5, 5.41) is 2.97. The molecule has 128 valence electrons. The van der Waals surface area contributed by atoms with E-state index in [-0.39, 0.29) is 6.03 Å². The van der Waals surface area contributed by atoms with Crippen molar-refractivity contribution in [1.29, 1.82) is 0 Å². The number of rotatable bonds is 7. The molecule has 0 saturated heterocycles. The third-order valence-electron chi connectivity index (χ3n) is 4.03. The molecule has 1 N–H and O–H groups in total. The highest BCUT2D eigenvalue weighted by Gasteiger charge is 2.09. The van der Waals surface area contributed by atoms with Crippen molar-refractivity contribution in [3.8, 4) is 5.75 Å². The zero-order chi connectivity index (χ0) is 17.4. The second-order valence-electron chi connectivity index (χ2n) is 5.95. The Morgan fingerprint density at radius 1 is 1.12 bits per heavy atom. The van der Waals surface area contributed by atoms with Gasteiger partial charge in [-0.05, 0) is 37.0 Å². The maximum atomic E-state index is 12.2. The minimum Gasteiger partial charge on any atom is -0.496 e. The third kappa shape index (κ3) is 5.30. The Kier molecular flexibility index (Phi) is 6.67. The molecule has 0 aliphatic heterocycles. The van der Waals surface area contributed by atoms with Gasteiger partial charge in [0, 0.05) is 20.1 Å². The molecule has 0 bridgehead atoms. The van der Waals surface area contributed by atoms with Crippen LogP contribution in [-0.2, 0) is 12.8 Å². The summed E-state index contributed by atoms with van der Waals surface area (Å²) in [5.74, 6) is 0.866. The SMILES string of the molecule is COc1ccccc1CCN(C)C(=O)NCCc1cccc(C)c1. The van der Waals surface area contributed by atoms with Crippen molar-refractivity contribution in [3.05, 3.63) is 65.2 Å². The van der Waals surface area contributed by atoms with Gasteiger partial charge in [-0.25, -0.2) is 4.79 Å². The quantitative estimate of drug-likeness (QED) is 0.847. The number of methoxy groups -OCH3 is 1. The van der Waals surface area contributed by atoms with Crippen LogP contribution in [0.4, 0.5) is 4.79 Å². The monoisotopic (exact) mass is 326 g/mol. The molecular weight excluding hydrogens is 300 g/mol. The number of aryl methyl sites for hydroxylation is 1. The number of benzene rings is 2. The predicted octanol–water partition coefficient (Wildman–Crippen LogP) is 3.43. The first-order valence-electron chi connectivity index (χ1n) is 8.26. The molecule has 2 amide bonds. The number of para-hydroxylation sites is 1. The lowest BCUT2D eigenvalue weighted by Gasteiger charge is -2.18. The second-order valence-corrected chi connectivity index (χ2v) is 5.95. The van der Waals surface area contributed by atoms with Gasteiger partial charge in [-0.15, -0.1) is 0 Å². The largest absolute Gasteiger partial charge is 0.496 e. The number of likely N-dealkylation sites (N-methyl/N-ethyl adjacent to an activating group) is 1. The second kappa shape index (κ2) is 8.96. The molecule has 0 aliphatic rings. The fraction of sp³-hybridized carbons (Fsp3) is 0.350. The molecule has 4 heteroatoms. The van der Waals surface area contributed by atoms with Crippen molar-refractivity contribution in [2.24, 2.45) is 0 Å². The van der Waals surface area contributed by atoms with E-state index in [1.54, 1.807) is 12.0 Å². The number of nitrogens with one attached hydrogen (secondary N) is 1. The molecule has 0 atom stereocenters. The number of carbonyl (C=O) groups excluding carboxylic acids is 1. The molecule has 24 heavy (non-hydrogen) atoms. The summed E-state index contributed by atoms with van der Waals surface area (Å²) >= 11 is 0. The number of amides is 2. The summed E-state index contributed by atoms with van der Waals surface area (Å²) in [7, 11) is 3.48. The van der Waals surface area contributed by atoms with Crippen LogP contribution in [0.25, 0.3) is 0 Å². The summed E-state index contributed by atoms with van der Waals surface area (Å²) in [5.41, 5.74) is 3.60. The molecule has 0 aromatic heterocycles. The number of hydrogen-bond donors (Lipinski definition) is 1. The van der Waals surface area contributed by atoms with Crippen molar-refractivity contribution in [1.82, 2.24) is 10.2 Å². The maximum Gasteiger partial charge on any atom is 0.317 e. The Hall–Kier alpha value is -2.49. The van der Waals surface area contributed by atoms with Crippen LogP contribution in [0.2, 0.25) is 0 Å². The highest BCUT2D eigenvalue weighted by molar-refractivity contribution is 5.73. The molecule has 0 saturated carbocycles. The Labute approximate surface area is 144 Å². The predicted molar refractivity (Wildman–Crippen MR) is 97.6 cm³/mol. The Balaban J connectivity index is 1.76. The van der Waals surface area contributed by atoms with Gasteiger partial charge in [0.15, 0.2) is 0 Å². The van der Waals surface area contributed by atoms with Crippen molar-refractivity contribution in [2.75, 3.05) is 27.2 Å².